The first-order chi connectivity index (χ1) is 13.0. The van der Waals surface area contributed by atoms with Crippen molar-refractivity contribution < 1.29 is 13.2 Å². The number of rotatable bonds is 7. The number of hydrogen-bond acceptors (Lipinski definition) is 5. The molecule has 27 heavy (non-hydrogen) atoms. The van der Waals surface area contributed by atoms with Gasteiger partial charge in [0.15, 0.2) is 0 Å². The first-order valence-corrected chi connectivity index (χ1v) is 10.5. The third-order valence-electron chi connectivity index (χ3n) is 4.51. The predicted octanol–water partition coefficient (Wildman–Crippen LogP) is 1.98. The SMILES string of the molecule is CC(Nc1ccc(S(=O)(=O)N2CCCC2)cn1)C(=O)NCc1ccccc1. The monoisotopic (exact) mass is 388 g/mol. The maximum absolute atomic E-state index is 12.5. The average molecular weight is 388 g/mol. The van der Waals surface area contributed by atoms with Gasteiger partial charge in [0.1, 0.15) is 16.8 Å². The van der Waals surface area contributed by atoms with E-state index in [1.807, 2.05) is 30.3 Å². The molecule has 1 aromatic heterocycles. The predicted molar refractivity (Wildman–Crippen MR) is 104 cm³/mol. The molecule has 1 saturated heterocycles. The number of anilines is 1. The lowest BCUT2D eigenvalue weighted by atomic mass is 10.2. The Bertz CT molecular complexity index is 864. The van der Waals surface area contributed by atoms with Crippen LogP contribution in [0.5, 0.6) is 0 Å². The summed E-state index contributed by atoms with van der Waals surface area (Å²) < 4.78 is 26.5. The molecule has 1 aliphatic rings. The fraction of sp³-hybridized carbons (Fsp3) is 0.368. The van der Waals surface area contributed by atoms with E-state index in [0.29, 0.717) is 25.5 Å². The third kappa shape index (κ3) is 4.84. The Morgan fingerprint density at radius 1 is 1.15 bits per heavy atom. The molecule has 144 valence electrons. The van der Waals surface area contributed by atoms with Crippen molar-refractivity contribution in [2.24, 2.45) is 0 Å². The molecule has 0 bridgehead atoms. The van der Waals surface area contributed by atoms with Crippen LogP contribution < -0.4 is 10.6 Å². The third-order valence-corrected chi connectivity index (χ3v) is 6.39. The van der Waals surface area contributed by atoms with Gasteiger partial charge in [-0.2, -0.15) is 4.31 Å². The van der Waals surface area contributed by atoms with Gasteiger partial charge in [-0.15, -0.1) is 0 Å². The second kappa shape index (κ2) is 8.49. The van der Waals surface area contributed by atoms with E-state index in [-0.39, 0.29) is 10.8 Å². The zero-order valence-electron chi connectivity index (χ0n) is 15.3. The van der Waals surface area contributed by atoms with Crippen molar-refractivity contribution in [1.29, 1.82) is 0 Å². The van der Waals surface area contributed by atoms with E-state index in [9.17, 15) is 13.2 Å². The van der Waals surface area contributed by atoms with Crippen LogP contribution in [0.25, 0.3) is 0 Å². The van der Waals surface area contributed by atoms with Crippen LogP contribution in [-0.4, -0.2) is 42.7 Å². The van der Waals surface area contributed by atoms with Gasteiger partial charge in [-0.1, -0.05) is 30.3 Å². The molecule has 1 unspecified atom stereocenters. The number of carbonyl (C=O) groups is 1. The molecule has 0 spiro atoms. The summed E-state index contributed by atoms with van der Waals surface area (Å²) >= 11 is 0. The molecule has 1 aromatic carbocycles. The summed E-state index contributed by atoms with van der Waals surface area (Å²) in [6, 6.07) is 12.3. The zero-order valence-corrected chi connectivity index (χ0v) is 16.1. The highest BCUT2D eigenvalue weighted by atomic mass is 32.2. The minimum absolute atomic E-state index is 0.158. The number of nitrogens with one attached hydrogen (secondary N) is 2. The van der Waals surface area contributed by atoms with E-state index < -0.39 is 16.1 Å². The molecular weight excluding hydrogens is 364 g/mol. The first-order valence-electron chi connectivity index (χ1n) is 9.01. The molecule has 3 rings (SSSR count). The summed E-state index contributed by atoms with van der Waals surface area (Å²) in [7, 11) is -3.48. The Morgan fingerprint density at radius 2 is 1.85 bits per heavy atom. The number of nitrogens with zero attached hydrogens (tertiary/aromatic N) is 2. The Hall–Kier alpha value is -2.45. The highest BCUT2D eigenvalue weighted by molar-refractivity contribution is 7.89. The fourth-order valence-electron chi connectivity index (χ4n) is 2.92. The highest BCUT2D eigenvalue weighted by Gasteiger charge is 2.27. The number of sulfonamides is 1. The summed E-state index contributed by atoms with van der Waals surface area (Å²) in [5, 5.41) is 5.85. The van der Waals surface area contributed by atoms with Crippen molar-refractivity contribution in [2.45, 2.75) is 37.2 Å². The first kappa shape index (κ1) is 19.3. The van der Waals surface area contributed by atoms with Crippen LogP contribution in [0.3, 0.4) is 0 Å². The molecule has 2 heterocycles. The van der Waals surface area contributed by atoms with Crippen LogP contribution in [0.15, 0.2) is 53.6 Å². The lowest BCUT2D eigenvalue weighted by Gasteiger charge is -2.17. The molecule has 0 saturated carbocycles. The molecule has 0 radical (unpaired) electrons. The molecule has 1 fully saturated rings. The molecule has 2 N–H and O–H groups in total. The Morgan fingerprint density at radius 3 is 2.48 bits per heavy atom. The second-order valence-electron chi connectivity index (χ2n) is 6.56. The summed E-state index contributed by atoms with van der Waals surface area (Å²) in [6.07, 6.45) is 3.12. The normalized spacial score (nSPS) is 16.0. The molecular formula is C19H24N4O3S. The van der Waals surface area contributed by atoms with Crippen molar-refractivity contribution in [1.82, 2.24) is 14.6 Å². The van der Waals surface area contributed by atoms with Crippen molar-refractivity contribution in [3.8, 4) is 0 Å². The van der Waals surface area contributed by atoms with E-state index in [4.69, 9.17) is 0 Å². The molecule has 1 atom stereocenters. The standard InChI is InChI=1S/C19H24N4O3S/c1-15(19(24)21-13-16-7-3-2-4-8-16)22-18-10-9-17(14-20-18)27(25,26)23-11-5-6-12-23/h2-4,7-10,14-15H,5-6,11-13H2,1H3,(H,20,22)(H,21,24). The van der Waals surface area contributed by atoms with Crippen molar-refractivity contribution >= 4 is 21.7 Å². The average Bonchev–Trinajstić information content (AvgIpc) is 3.23. The van der Waals surface area contributed by atoms with Crippen molar-refractivity contribution in [3.05, 3.63) is 54.2 Å². The van der Waals surface area contributed by atoms with E-state index in [1.54, 1.807) is 13.0 Å². The van der Waals surface area contributed by atoms with Crippen LogP contribution in [0.2, 0.25) is 0 Å². The van der Waals surface area contributed by atoms with Gasteiger partial charge >= 0.3 is 0 Å². The van der Waals surface area contributed by atoms with Gasteiger partial charge in [-0.3, -0.25) is 4.79 Å². The van der Waals surface area contributed by atoms with Gasteiger partial charge in [-0.05, 0) is 37.5 Å². The topological polar surface area (TPSA) is 91.4 Å². The Labute approximate surface area is 159 Å². The molecule has 7 nitrogen and oxygen atoms in total. The van der Waals surface area contributed by atoms with Gasteiger partial charge in [-0.25, -0.2) is 13.4 Å². The second-order valence-corrected chi connectivity index (χ2v) is 8.50. The van der Waals surface area contributed by atoms with Crippen molar-refractivity contribution in [3.63, 3.8) is 0 Å². The molecule has 8 heteroatoms. The Kier molecular flexibility index (Phi) is 6.08. The maximum Gasteiger partial charge on any atom is 0.244 e. The van der Waals surface area contributed by atoms with Crippen LogP contribution in [0.1, 0.15) is 25.3 Å². The van der Waals surface area contributed by atoms with E-state index >= 15 is 0 Å². The van der Waals surface area contributed by atoms with Gasteiger partial charge in [0.25, 0.3) is 0 Å². The Balaban J connectivity index is 1.56. The molecule has 1 amide bonds. The van der Waals surface area contributed by atoms with E-state index in [2.05, 4.69) is 15.6 Å². The summed E-state index contributed by atoms with van der Waals surface area (Å²) in [6.45, 7) is 3.30. The number of pyridine rings is 1. The summed E-state index contributed by atoms with van der Waals surface area (Å²) in [5.74, 6) is 0.298. The minimum atomic E-state index is -3.48. The summed E-state index contributed by atoms with van der Waals surface area (Å²) in [5.41, 5.74) is 1.02. The lowest BCUT2D eigenvalue weighted by Crippen LogP contribution is -2.37. The van der Waals surface area contributed by atoms with Crippen LogP contribution in [-0.2, 0) is 21.4 Å². The fourth-order valence-corrected chi connectivity index (χ4v) is 4.38. The smallest absolute Gasteiger partial charge is 0.244 e. The minimum Gasteiger partial charge on any atom is -0.359 e. The number of benzene rings is 1. The molecule has 2 aromatic rings. The largest absolute Gasteiger partial charge is 0.359 e. The van der Waals surface area contributed by atoms with E-state index in [0.717, 1.165) is 18.4 Å². The molecule has 0 aliphatic carbocycles. The van der Waals surface area contributed by atoms with Gasteiger partial charge in [0.2, 0.25) is 15.9 Å². The van der Waals surface area contributed by atoms with E-state index in [1.165, 1.54) is 16.6 Å². The number of hydrogen-bond donors (Lipinski definition) is 2. The highest BCUT2D eigenvalue weighted by Crippen LogP contribution is 2.21. The molecule has 1 aliphatic heterocycles. The number of amides is 1. The van der Waals surface area contributed by atoms with Gasteiger partial charge in [0.05, 0.1) is 0 Å². The zero-order chi connectivity index (χ0) is 19.3. The maximum atomic E-state index is 12.5. The van der Waals surface area contributed by atoms with Gasteiger partial charge in [0, 0.05) is 25.8 Å². The lowest BCUT2D eigenvalue weighted by molar-refractivity contribution is -0.121. The van der Waals surface area contributed by atoms with Crippen LogP contribution in [0, 0.1) is 0 Å². The quantitative estimate of drug-likeness (QED) is 0.757. The van der Waals surface area contributed by atoms with Crippen LogP contribution >= 0.6 is 0 Å². The van der Waals surface area contributed by atoms with Crippen molar-refractivity contribution in [2.75, 3.05) is 18.4 Å². The van der Waals surface area contributed by atoms with Crippen LogP contribution in [0.4, 0.5) is 5.82 Å². The number of carbonyl (C=O) groups excluding carboxylic acids is 1. The number of aromatic nitrogens is 1. The summed E-state index contributed by atoms with van der Waals surface area (Å²) in [4.78, 5) is 16.6. The van der Waals surface area contributed by atoms with Gasteiger partial charge < -0.3 is 10.6 Å².